The molecule has 3 rings (SSSR count). The van der Waals surface area contributed by atoms with Crippen molar-refractivity contribution in [1.82, 2.24) is 4.98 Å². The molecule has 0 aliphatic carbocycles. The zero-order valence-corrected chi connectivity index (χ0v) is 10.7. The van der Waals surface area contributed by atoms with Gasteiger partial charge in [-0.1, -0.05) is 18.2 Å². The molecule has 0 spiro atoms. The summed E-state index contributed by atoms with van der Waals surface area (Å²) in [5, 5.41) is 3.28. The van der Waals surface area contributed by atoms with E-state index in [-0.39, 0.29) is 18.4 Å². The number of hydrogen-bond donors (Lipinski definition) is 2. The van der Waals surface area contributed by atoms with Crippen molar-refractivity contribution in [3.8, 4) is 0 Å². The molecular formula is C13H13ClN2S. The van der Waals surface area contributed by atoms with Gasteiger partial charge in [0.1, 0.15) is 0 Å². The van der Waals surface area contributed by atoms with E-state index in [2.05, 4.69) is 40.7 Å². The molecule has 1 atom stereocenters. The van der Waals surface area contributed by atoms with Gasteiger partial charge in [0.15, 0.2) is 0 Å². The smallest absolute Gasteiger partial charge is 0.0646 e. The Morgan fingerprint density at radius 2 is 2.06 bits per heavy atom. The normalized spacial score (nSPS) is 12.3. The predicted octanol–water partition coefficient (Wildman–Crippen LogP) is 3.70. The summed E-state index contributed by atoms with van der Waals surface area (Å²) < 4.78 is 0. The SMILES string of the molecule is Cl.N[C@H](c1ccc2cc[nH]c2c1)c1cccs1. The van der Waals surface area contributed by atoms with Gasteiger partial charge >= 0.3 is 0 Å². The third-order valence-electron chi connectivity index (χ3n) is 2.79. The Balaban J connectivity index is 0.00000108. The molecule has 88 valence electrons. The summed E-state index contributed by atoms with van der Waals surface area (Å²) in [7, 11) is 0. The van der Waals surface area contributed by atoms with E-state index in [1.165, 1.54) is 10.3 Å². The highest BCUT2D eigenvalue weighted by molar-refractivity contribution is 7.10. The number of nitrogens with two attached hydrogens (primary N) is 1. The zero-order chi connectivity index (χ0) is 11.0. The lowest BCUT2D eigenvalue weighted by Gasteiger charge is -2.09. The van der Waals surface area contributed by atoms with Gasteiger partial charge in [0.05, 0.1) is 6.04 Å². The summed E-state index contributed by atoms with van der Waals surface area (Å²) in [5.74, 6) is 0. The van der Waals surface area contributed by atoms with Crippen molar-refractivity contribution in [3.05, 3.63) is 58.4 Å². The van der Waals surface area contributed by atoms with E-state index in [4.69, 9.17) is 5.73 Å². The van der Waals surface area contributed by atoms with Gasteiger partial charge in [0, 0.05) is 16.6 Å². The molecule has 1 aromatic carbocycles. The maximum atomic E-state index is 6.22. The topological polar surface area (TPSA) is 41.8 Å². The van der Waals surface area contributed by atoms with Gasteiger partial charge in [-0.3, -0.25) is 0 Å². The van der Waals surface area contributed by atoms with E-state index in [1.807, 2.05) is 12.3 Å². The molecule has 4 heteroatoms. The summed E-state index contributed by atoms with van der Waals surface area (Å²) in [5.41, 5.74) is 8.51. The van der Waals surface area contributed by atoms with Gasteiger partial charge < -0.3 is 10.7 Å². The van der Waals surface area contributed by atoms with E-state index < -0.39 is 0 Å². The molecule has 0 saturated heterocycles. The van der Waals surface area contributed by atoms with Crippen LogP contribution in [0.4, 0.5) is 0 Å². The van der Waals surface area contributed by atoms with Crippen LogP contribution in [0.5, 0.6) is 0 Å². The van der Waals surface area contributed by atoms with E-state index in [1.54, 1.807) is 11.3 Å². The summed E-state index contributed by atoms with van der Waals surface area (Å²) in [6.45, 7) is 0. The standard InChI is InChI=1S/C13H12N2S.ClH/c14-13(12-2-1-7-16-12)10-4-3-9-5-6-15-11(9)8-10;/h1-8,13,15H,14H2;1H/t13-;/m1./s1. The number of fused-ring (bicyclic) bond motifs is 1. The summed E-state index contributed by atoms with van der Waals surface area (Å²) >= 11 is 1.70. The summed E-state index contributed by atoms with van der Waals surface area (Å²) in [4.78, 5) is 4.41. The molecule has 0 bridgehead atoms. The van der Waals surface area contributed by atoms with Gasteiger partial charge in [0.2, 0.25) is 0 Å². The fourth-order valence-corrected chi connectivity index (χ4v) is 2.65. The molecule has 3 aromatic rings. The minimum atomic E-state index is -0.0206. The van der Waals surface area contributed by atoms with Crippen molar-refractivity contribution < 1.29 is 0 Å². The number of halogens is 1. The van der Waals surface area contributed by atoms with Crippen LogP contribution in [0.15, 0.2) is 48.0 Å². The molecule has 2 nitrogen and oxygen atoms in total. The fourth-order valence-electron chi connectivity index (χ4n) is 1.89. The van der Waals surface area contributed by atoms with Gasteiger partial charge in [-0.2, -0.15) is 0 Å². The molecule has 0 radical (unpaired) electrons. The Bertz CT molecular complexity index is 601. The molecule has 3 N–H and O–H groups in total. The molecule has 0 saturated carbocycles. The Morgan fingerprint density at radius 3 is 2.82 bits per heavy atom. The van der Waals surface area contributed by atoms with Gasteiger partial charge in [-0.05, 0) is 34.5 Å². The van der Waals surface area contributed by atoms with Crippen LogP contribution in [0, 0.1) is 0 Å². The number of H-pyrrole nitrogens is 1. The number of thiophene rings is 1. The van der Waals surface area contributed by atoms with Crippen LogP contribution < -0.4 is 5.73 Å². The molecule has 2 aromatic heterocycles. The average molecular weight is 265 g/mol. The lowest BCUT2D eigenvalue weighted by atomic mass is 10.0. The van der Waals surface area contributed by atoms with E-state index in [0.717, 1.165) is 11.1 Å². The molecule has 0 fully saturated rings. The van der Waals surface area contributed by atoms with Gasteiger partial charge in [-0.25, -0.2) is 0 Å². The minimum absolute atomic E-state index is 0. The minimum Gasteiger partial charge on any atom is -0.361 e. The summed E-state index contributed by atoms with van der Waals surface area (Å²) in [6.07, 6.45) is 1.95. The van der Waals surface area contributed by atoms with Crippen LogP contribution in [0.25, 0.3) is 10.9 Å². The van der Waals surface area contributed by atoms with Crippen molar-refractivity contribution in [2.45, 2.75) is 6.04 Å². The van der Waals surface area contributed by atoms with Gasteiger partial charge in [0.25, 0.3) is 0 Å². The van der Waals surface area contributed by atoms with Crippen LogP contribution in [-0.2, 0) is 0 Å². The summed E-state index contributed by atoms with van der Waals surface area (Å²) in [6, 6.07) is 12.5. The van der Waals surface area contributed by atoms with Crippen molar-refractivity contribution in [2.24, 2.45) is 5.73 Å². The molecule has 0 aliphatic heterocycles. The molecule has 17 heavy (non-hydrogen) atoms. The third kappa shape index (κ3) is 2.22. The van der Waals surface area contributed by atoms with Crippen LogP contribution in [0.1, 0.15) is 16.5 Å². The molecule has 0 aliphatic rings. The Labute approximate surface area is 110 Å². The molecule has 2 heterocycles. The number of nitrogens with one attached hydrogen (secondary N) is 1. The highest BCUT2D eigenvalue weighted by atomic mass is 35.5. The maximum absolute atomic E-state index is 6.22. The maximum Gasteiger partial charge on any atom is 0.0646 e. The number of rotatable bonds is 2. The van der Waals surface area contributed by atoms with Crippen molar-refractivity contribution in [3.63, 3.8) is 0 Å². The van der Waals surface area contributed by atoms with E-state index >= 15 is 0 Å². The van der Waals surface area contributed by atoms with E-state index in [0.29, 0.717) is 0 Å². The second-order valence-corrected chi connectivity index (χ2v) is 4.80. The van der Waals surface area contributed by atoms with Crippen molar-refractivity contribution in [1.29, 1.82) is 0 Å². The first kappa shape index (κ1) is 12.2. The lowest BCUT2D eigenvalue weighted by Crippen LogP contribution is -2.09. The molecule has 0 unspecified atom stereocenters. The molecular weight excluding hydrogens is 252 g/mol. The highest BCUT2D eigenvalue weighted by Gasteiger charge is 2.10. The highest BCUT2D eigenvalue weighted by Crippen LogP contribution is 2.25. The average Bonchev–Trinajstić information content (AvgIpc) is 2.98. The van der Waals surface area contributed by atoms with Crippen LogP contribution in [0.2, 0.25) is 0 Å². The number of aromatic nitrogens is 1. The first-order valence-electron chi connectivity index (χ1n) is 5.20. The number of benzene rings is 1. The quantitative estimate of drug-likeness (QED) is 0.728. The number of hydrogen-bond acceptors (Lipinski definition) is 2. The van der Waals surface area contributed by atoms with Crippen molar-refractivity contribution >= 4 is 34.6 Å². The number of aromatic amines is 1. The van der Waals surface area contributed by atoms with E-state index in [9.17, 15) is 0 Å². The first-order valence-corrected chi connectivity index (χ1v) is 6.08. The lowest BCUT2D eigenvalue weighted by molar-refractivity contribution is 0.895. The second kappa shape index (κ2) is 4.92. The fraction of sp³-hybridized carbons (Fsp3) is 0.0769. The third-order valence-corrected chi connectivity index (χ3v) is 3.74. The zero-order valence-electron chi connectivity index (χ0n) is 9.09. The van der Waals surface area contributed by atoms with Crippen LogP contribution in [-0.4, -0.2) is 4.98 Å². The van der Waals surface area contributed by atoms with Gasteiger partial charge in [-0.15, -0.1) is 23.7 Å². The Kier molecular flexibility index (Phi) is 3.52. The predicted molar refractivity (Wildman–Crippen MR) is 75.9 cm³/mol. The Hall–Kier alpha value is -1.29. The molecule has 0 amide bonds. The second-order valence-electron chi connectivity index (χ2n) is 3.82. The monoisotopic (exact) mass is 264 g/mol. The van der Waals surface area contributed by atoms with Crippen LogP contribution >= 0.6 is 23.7 Å². The largest absolute Gasteiger partial charge is 0.361 e. The van der Waals surface area contributed by atoms with Crippen LogP contribution in [0.3, 0.4) is 0 Å². The first-order chi connectivity index (χ1) is 7.84. The Morgan fingerprint density at radius 1 is 1.18 bits per heavy atom. The van der Waals surface area contributed by atoms with Crippen molar-refractivity contribution in [2.75, 3.05) is 0 Å².